The van der Waals surface area contributed by atoms with Gasteiger partial charge in [-0.15, -0.1) is 0 Å². The number of benzene rings is 1. The summed E-state index contributed by atoms with van der Waals surface area (Å²) < 4.78 is 29.8. The fourth-order valence-corrected chi connectivity index (χ4v) is 3.87. The summed E-state index contributed by atoms with van der Waals surface area (Å²) in [6.45, 7) is 0.0974. The molecular weight excluding hydrogens is 390 g/mol. The van der Waals surface area contributed by atoms with Gasteiger partial charge in [-0.3, -0.25) is 9.59 Å². The average molecular weight is 410 g/mol. The van der Waals surface area contributed by atoms with Crippen LogP contribution in [-0.2, 0) is 29.0 Å². The molecule has 1 aromatic carbocycles. The number of aliphatic carboxylic acids is 1. The summed E-state index contributed by atoms with van der Waals surface area (Å²) in [4.78, 5) is 25.5. The summed E-state index contributed by atoms with van der Waals surface area (Å²) in [7, 11) is 0. The highest BCUT2D eigenvalue weighted by Gasteiger charge is 2.25. The number of nitrogens with one attached hydrogen (secondary N) is 2. The Hall–Kier alpha value is -2.59. The molecule has 0 bridgehead atoms. The summed E-state index contributed by atoms with van der Waals surface area (Å²) in [5, 5.41) is 11.3. The maximum Gasteiger partial charge on any atom is 0.305 e. The Labute approximate surface area is 164 Å². The minimum atomic E-state index is -1.16. The first-order valence-corrected chi connectivity index (χ1v) is 9.17. The monoisotopic (exact) mass is 410 g/mol. The standard InChI is InChI=1S/C18H20F2N4O3S/c19-10-3-9-4-11(1-2-13(9)14(20)5-10)24-12(8-23-18(24)28)7-22-17(27)15(21)6-16(25)26/h3,5,8,11,15H,1-2,4,6-7,21H2,(H,22,27)(H,23,28)(H,25,26)/t11-,15+/m1/s1. The third-order valence-corrected chi connectivity index (χ3v) is 5.18. The average Bonchev–Trinajstić information content (AvgIpc) is 2.98. The number of amides is 1. The first-order valence-electron chi connectivity index (χ1n) is 8.77. The van der Waals surface area contributed by atoms with Crippen LogP contribution in [0.15, 0.2) is 18.3 Å². The lowest BCUT2D eigenvalue weighted by atomic mass is 9.87. The van der Waals surface area contributed by atoms with Gasteiger partial charge in [0.15, 0.2) is 4.77 Å². The number of nitrogens with two attached hydrogens (primary N) is 1. The van der Waals surface area contributed by atoms with Crippen LogP contribution in [0.25, 0.3) is 0 Å². The van der Waals surface area contributed by atoms with Crippen molar-refractivity contribution < 1.29 is 23.5 Å². The number of nitrogens with zero attached hydrogens (tertiary/aromatic N) is 1. The molecule has 0 unspecified atom stereocenters. The molecule has 1 heterocycles. The van der Waals surface area contributed by atoms with Crippen molar-refractivity contribution in [2.45, 2.75) is 44.3 Å². The Kier molecular flexibility index (Phi) is 5.90. The van der Waals surface area contributed by atoms with E-state index >= 15 is 0 Å². The second-order valence-corrected chi connectivity index (χ2v) is 7.19. The zero-order valence-electron chi connectivity index (χ0n) is 14.9. The number of carboxylic acids is 1. The lowest BCUT2D eigenvalue weighted by molar-refractivity contribution is -0.139. The van der Waals surface area contributed by atoms with E-state index in [1.54, 1.807) is 6.20 Å². The van der Waals surface area contributed by atoms with Crippen LogP contribution in [-0.4, -0.2) is 32.6 Å². The van der Waals surface area contributed by atoms with Crippen molar-refractivity contribution in [3.05, 3.63) is 51.6 Å². The number of carbonyl (C=O) groups excluding carboxylic acids is 1. The van der Waals surface area contributed by atoms with Gasteiger partial charge in [0, 0.05) is 18.3 Å². The zero-order valence-corrected chi connectivity index (χ0v) is 15.7. The highest BCUT2D eigenvalue weighted by atomic mass is 32.1. The lowest BCUT2D eigenvalue weighted by Crippen LogP contribution is -2.41. The molecule has 7 nitrogen and oxygen atoms in total. The van der Waals surface area contributed by atoms with Crippen LogP contribution >= 0.6 is 12.2 Å². The molecule has 1 aliphatic rings. The second kappa shape index (κ2) is 8.19. The molecule has 3 rings (SSSR count). The number of carbonyl (C=O) groups is 2. The minimum absolute atomic E-state index is 0.0974. The maximum atomic E-state index is 14.0. The third-order valence-electron chi connectivity index (χ3n) is 4.87. The van der Waals surface area contributed by atoms with E-state index in [0.717, 1.165) is 6.07 Å². The van der Waals surface area contributed by atoms with E-state index in [-0.39, 0.29) is 12.6 Å². The number of rotatable bonds is 6. The van der Waals surface area contributed by atoms with E-state index in [2.05, 4.69) is 10.3 Å². The van der Waals surface area contributed by atoms with E-state index < -0.39 is 36.0 Å². The molecular formula is C18H20F2N4O3S. The summed E-state index contributed by atoms with van der Waals surface area (Å²) >= 11 is 5.34. The molecule has 150 valence electrons. The number of halogens is 2. The number of hydrogen-bond acceptors (Lipinski definition) is 4. The zero-order chi connectivity index (χ0) is 20.4. The minimum Gasteiger partial charge on any atom is -0.481 e. The quantitative estimate of drug-likeness (QED) is 0.544. The molecule has 1 aliphatic carbocycles. The topological polar surface area (TPSA) is 113 Å². The van der Waals surface area contributed by atoms with Crippen LogP contribution in [0.2, 0.25) is 0 Å². The van der Waals surface area contributed by atoms with E-state index in [1.165, 1.54) is 6.07 Å². The van der Waals surface area contributed by atoms with Gasteiger partial charge in [0.1, 0.15) is 11.6 Å². The largest absolute Gasteiger partial charge is 0.481 e. The number of H-pyrrole nitrogens is 1. The first-order chi connectivity index (χ1) is 13.3. The van der Waals surface area contributed by atoms with Gasteiger partial charge in [0.05, 0.1) is 24.7 Å². The SMILES string of the molecule is N[C@@H](CC(=O)O)C(=O)NCc1c[nH]c(=S)n1[C@@H]1CCc2c(F)cc(F)cc2C1. The molecule has 0 spiro atoms. The number of aromatic nitrogens is 2. The Bertz CT molecular complexity index is 972. The normalized spacial score (nSPS) is 17.0. The second-order valence-electron chi connectivity index (χ2n) is 6.80. The van der Waals surface area contributed by atoms with E-state index in [1.807, 2.05) is 4.57 Å². The van der Waals surface area contributed by atoms with Crippen LogP contribution in [0.5, 0.6) is 0 Å². The molecule has 2 atom stereocenters. The maximum absolute atomic E-state index is 14.0. The predicted molar refractivity (Wildman–Crippen MR) is 99.1 cm³/mol. The molecule has 0 fully saturated rings. The smallest absolute Gasteiger partial charge is 0.305 e. The van der Waals surface area contributed by atoms with Crippen LogP contribution < -0.4 is 11.1 Å². The van der Waals surface area contributed by atoms with Crippen molar-refractivity contribution in [2.75, 3.05) is 0 Å². The summed E-state index contributed by atoms with van der Waals surface area (Å²) in [5.74, 6) is -2.90. The first kappa shape index (κ1) is 20.2. The van der Waals surface area contributed by atoms with Crippen LogP contribution in [0.3, 0.4) is 0 Å². The summed E-state index contributed by atoms with van der Waals surface area (Å²) in [5.41, 5.74) is 7.35. The van der Waals surface area contributed by atoms with Gasteiger partial charge in [-0.05, 0) is 48.7 Å². The van der Waals surface area contributed by atoms with Crippen molar-refractivity contribution in [3.8, 4) is 0 Å². The van der Waals surface area contributed by atoms with E-state index in [9.17, 15) is 18.4 Å². The Morgan fingerprint density at radius 1 is 1.43 bits per heavy atom. The van der Waals surface area contributed by atoms with Crippen LogP contribution in [0.4, 0.5) is 8.78 Å². The van der Waals surface area contributed by atoms with Gasteiger partial charge in [0.2, 0.25) is 5.91 Å². The van der Waals surface area contributed by atoms with Crippen molar-refractivity contribution in [1.82, 2.24) is 14.9 Å². The Morgan fingerprint density at radius 2 is 2.18 bits per heavy atom. The Morgan fingerprint density at radius 3 is 2.89 bits per heavy atom. The molecule has 0 radical (unpaired) electrons. The summed E-state index contributed by atoms with van der Waals surface area (Å²) in [6, 6.07) is 0.961. The molecule has 10 heteroatoms. The molecule has 2 aromatic rings. The van der Waals surface area contributed by atoms with Crippen LogP contribution in [0, 0.1) is 16.4 Å². The predicted octanol–water partition coefficient (Wildman–Crippen LogP) is 1.97. The number of fused-ring (bicyclic) bond motifs is 1. The van der Waals surface area contributed by atoms with Gasteiger partial charge in [-0.1, -0.05) is 0 Å². The molecule has 1 amide bonds. The fraction of sp³-hybridized carbons (Fsp3) is 0.389. The highest BCUT2D eigenvalue weighted by Crippen LogP contribution is 2.32. The van der Waals surface area contributed by atoms with Gasteiger partial charge < -0.3 is 25.7 Å². The molecule has 0 saturated carbocycles. The van der Waals surface area contributed by atoms with E-state index in [4.69, 9.17) is 23.1 Å². The molecule has 28 heavy (non-hydrogen) atoms. The number of hydrogen-bond donors (Lipinski definition) is 4. The third kappa shape index (κ3) is 4.28. The summed E-state index contributed by atoms with van der Waals surface area (Å²) in [6.07, 6.45) is 2.65. The highest BCUT2D eigenvalue weighted by molar-refractivity contribution is 7.71. The van der Waals surface area contributed by atoms with Gasteiger partial charge in [-0.2, -0.15) is 0 Å². The Balaban J connectivity index is 1.76. The molecule has 0 saturated heterocycles. The van der Waals surface area contributed by atoms with Gasteiger partial charge in [0.25, 0.3) is 0 Å². The van der Waals surface area contributed by atoms with Gasteiger partial charge in [-0.25, -0.2) is 8.78 Å². The van der Waals surface area contributed by atoms with Crippen molar-refractivity contribution in [1.29, 1.82) is 0 Å². The molecule has 5 N–H and O–H groups in total. The lowest BCUT2D eigenvalue weighted by Gasteiger charge is -2.27. The van der Waals surface area contributed by atoms with Crippen LogP contribution in [0.1, 0.15) is 35.7 Å². The van der Waals surface area contributed by atoms with Crippen molar-refractivity contribution >= 4 is 24.1 Å². The molecule has 0 aliphatic heterocycles. The van der Waals surface area contributed by atoms with E-state index in [0.29, 0.717) is 40.9 Å². The van der Waals surface area contributed by atoms with Crippen molar-refractivity contribution in [3.63, 3.8) is 0 Å². The van der Waals surface area contributed by atoms with Crippen molar-refractivity contribution in [2.24, 2.45) is 5.73 Å². The number of imidazole rings is 1. The van der Waals surface area contributed by atoms with Gasteiger partial charge >= 0.3 is 5.97 Å². The molecule has 1 aromatic heterocycles. The fourth-order valence-electron chi connectivity index (χ4n) is 3.55. The number of carboxylic acid groups (broad SMARTS) is 1. The number of aromatic amines is 1.